The Balaban J connectivity index is 0.888. The van der Waals surface area contributed by atoms with Gasteiger partial charge in [-0.2, -0.15) is 13.2 Å². The summed E-state index contributed by atoms with van der Waals surface area (Å²) >= 11 is 0.742. The van der Waals surface area contributed by atoms with Crippen LogP contribution in [-0.2, 0) is 48.2 Å². The van der Waals surface area contributed by atoms with Gasteiger partial charge in [-0.15, -0.1) is 0 Å². The van der Waals surface area contributed by atoms with Crippen LogP contribution in [0.4, 0.5) is 23.7 Å². The average molecular weight is 851 g/mol. The number of hydrogen-bond acceptors (Lipinski definition) is 11. The molecule has 1 aromatic heterocycles. The van der Waals surface area contributed by atoms with Gasteiger partial charge >= 0.3 is 11.9 Å². The largest absolute Gasteiger partial charge is 0.493 e. The van der Waals surface area contributed by atoms with Gasteiger partial charge < -0.3 is 23.7 Å². The summed E-state index contributed by atoms with van der Waals surface area (Å²) in [6.45, 7) is 8.74. The van der Waals surface area contributed by atoms with Crippen LogP contribution in [0.5, 0.6) is 17.2 Å². The summed E-state index contributed by atoms with van der Waals surface area (Å²) in [6, 6.07) is 12.3. The number of amides is 2. The van der Waals surface area contributed by atoms with Crippen molar-refractivity contribution >= 4 is 57.3 Å². The maximum absolute atomic E-state index is 13.7. The molecule has 2 heterocycles. The monoisotopic (exact) mass is 850 g/mol. The second kappa shape index (κ2) is 19.5. The van der Waals surface area contributed by atoms with Crippen LogP contribution in [0.1, 0.15) is 48.4 Å². The van der Waals surface area contributed by atoms with Crippen LogP contribution < -0.4 is 15.2 Å². The number of alkyl halides is 3. The number of para-hydroxylation sites is 1. The van der Waals surface area contributed by atoms with Crippen molar-refractivity contribution in [2.45, 2.75) is 44.3 Å². The molecule has 1 saturated carbocycles. The molecule has 0 radical (unpaired) electrons. The quantitative estimate of drug-likeness (QED) is 0.0430. The lowest BCUT2D eigenvalue weighted by molar-refractivity contribution is -0.138. The molecule has 3 aromatic carbocycles. The molecule has 1 saturated heterocycles. The van der Waals surface area contributed by atoms with Crippen LogP contribution in [0.25, 0.3) is 22.0 Å². The maximum Gasteiger partial charge on any atom is 0.418 e. The number of hydrogen-bond donors (Lipinski definition) is 0. The summed E-state index contributed by atoms with van der Waals surface area (Å²) in [7, 11) is 2.99. The van der Waals surface area contributed by atoms with E-state index in [-0.39, 0.29) is 78.6 Å². The Morgan fingerprint density at radius 2 is 1.62 bits per heavy atom. The Kier molecular flexibility index (Phi) is 14.3. The fourth-order valence-electron chi connectivity index (χ4n) is 6.94. The average Bonchev–Trinajstić information content (AvgIpc) is 3.63. The summed E-state index contributed by atoms with van der Waals surface area (Å²) in [5, 5.41) is -0.480. The van der Waals surface area contributed by atoms with E-state index in [1.807, 2.05) is 18.2 Å². The number of benzene rings is 3. The number of carbonyl (C=O) groups excluding carboxylic acids is 4. The molecule has 2 fully saturated rings. The van der Waals surface area contributed by atoms with Crippen LogP contribution in [-0.4, -0.2) is 90.0 Å². The molecule has 316 valence electrons. The summed E-state index contributed by atoms with van der Waals surface area (Å²) in [4.78, 5) is 67.4. The zero-order valence-electron chi connectivity index (χ0n) is 32.7. The van der Waals surface area contributed by atoms with Crippen molar-refractivity contribution in [1.82, 2.24) is 14.0 Å². The third-order valence-electron chi connectivity index (χ3n) is 9.85. The molecule has 1 aliphatic heterocycles. The van der Waals surface area contributed by atoms with Gasteiger partial charge in [0.15, 0.2) is 23.0 Å². The Morgan fingerprint density at radius 3 is 2.32 bits per heavy atom. The number of aromatic nitrogens is 2. The second-order valence-corrected chi connectivity index (χ2v) is 14.8. The van der Waals surface area contributed by atoms with Crippen LogP contribution in [0, 0.1) is 6.57 Å². The van der Waals surface area contributed by atoms with Crippen LogP contribution in [0.2, 0.25) is 0 Å². The first-order valence-corrected chi connectivity index (χ1v) is 19.8. The molecular formula is C42H41F3N4O10S. The minimum atomic E-state index is -4.77. The fraction of sp³-hybridized carbons (Fsp3) is 0.381. The van der Waals surface area contributed by atoms with Crippen molar-refractivity contribution in [3.05, 3.63) is 98.1 Å². The number of halogens is 3. The normalized spacial score (nSPS) is 16.6. The highest BCUT2D eigenvalue weighted by Gasteiger charge is 2.36. The van der Waals surface area contributed by atoms with Gasteiger partial charge in [0.25, 0.3) is 11.1 Å². The van der Waals surface area contributed by atoms with E-state index in [1.54, 1.807) is 11.6 Å². The minimum Gasteiger partial charge on any atom is -0.493 e. The van der Waals surface area contributed by atoms with Crippen molar-refractivity contribution in [3.63, 3.8) is 0 Å². The Hall–Kier alpha value is -5.74. The highest BCUT2D eigenvalue weighted by atomic mass is 32.2. The summed E-state index contributed by atoms with van der Waals surface area (Å²) in [5.74, 6) is -1.31. The summed E-state index contributed by atoms with van der Waals surface area (Å²) < 4.78 is 71.8. The predicted octanol–water partition coefficient (Wildman–Crippen LogP) is 7.29. The van der Waals surface area contributed by atoms with Crippen LogP contribution in [0.15, 0.2) is 64.3 Å². The van der Waals surface area contributed by atoms with E-state index < -0.39 is 34.7 Å². The molecule has 1 unspecified atom stereocenters. The highest BCUT2D eigenvalue weighted by molar-refractivity contribution is 8.18. The van der Waals surface area contributed by atoms with Crippen molar-refractivity contribution in [1.29, 1.82) is 0 Å². The second-order valence-electron chi connectivity index (χ2n) is 13.8. The molecular weight excluding hydrogens is 810 g/mol. The van der Waals surface area contributed by atoms with Gasteiger partial charge in [-0.25, -0.2) is 9.64 Å². The molecule has 0 spiro atoms. The van der Waals surface area contributed by atoms with Crippen LogP contribution >= 0.6 is 11.8 Å². The number of Topliss-reactive ketones (excluding diaryl/α,β-unsaturated/α-hetero) is 2. The molecule has 0 bridgehead atoms. The van der Waals surface area contributed by atoms with Crippen molar-refractivity contribution in [2.75, 3.05) is 53.3 Å². The van der Waals surface area contributed by atoms with Gasteiger partial charge in [0.2, 0.25) is 0 Å². The number of carbonyl (C=O) groups is 4. The smallest absolute Gasteiger partial charge is 0.418 e. The molecule has 14 nitrogen and oxygen atoms in total. The number of imidazole rings is 1. The highest BCUT2D eigenvalue weighted by Crippen LogP contribution is 2.43. The van der Waals surface area contributed by atoms with E-state index in [1.165, 1.54) is 42.0 Å². The van der Waals surface area contributed by atoms with Crippen molar-refractivity contribution in [2.24, 2.45) is 7.05 Å². The van der Waals surface area contributed by atoms with E-state index in [9.17, 15) is 37.1 Å². The van der Waals surface area contributed by atoms with Gasteiger partial charge in [0, 0.05) is 20.1 Å². The number of rotatable bonds is 18. The standard InChI is InChI=1S/C42H41F3N4O10S/c1-46-28-10-14-34(30(24-28)42(43,44)45)59-35-13-9-26(22-36(35)55-3)23-37-39(52)48(41(54)60-37)15-17-57-19-21-58-20-18-56-16-5-7-27-6-4-8-32-38(27)47(2)40(53)49(32)31-12-11-29(50)25-33(31)51/h4,6,8-10,13-14,22-24,31H,5,7,11-12,15-21,25H2,2-3H3/b37-23-. The van der Waals surface area contributed by atoms with Gasteiger partial charge in [0.05, 0.1) is 87.2 Å². The fourth-order valence-corrected chi connectivity index (χ4v) is 7.80. The molecule has 2 amide bonds. The molecule has 60 heavy (non-hydrogen) atoms. The minimum absolute atomic E-state index is 0.0152. The van der Waals surface area contributed by atoms with E-state index in [0.717, 1.165) is 33.8 Å². The van der Waals surface area contributed by atoms with Gasteiger partial charge in [-0.1, -0.05) is 24.3 Å². The molecule has 4 aromatic rings. The number of aryl methyl sites for hydroxylation is 2. The molecule has 1 aliphatic carbocycles. The lowest BCUT2D eigenvalue weighted by Crippen LogP contribution is -2.34. The van der Waals surface area contributed by atoms with Crippen molar-refractivity contribution < 1.29 is 56.0 Å². The zero-order chi connectivity index (χ0) is 43.0. The van der Waals surface area contributed by atoms with Crippen LogP contribution in [0.3, 0.4) is 0 Å². The van der Waals surface area contributed by atoms with E-state index in [0.29, 0.717) is 56.2 Å². The number of ether oxygens (including phenoxy) is 5. The lowest BCUT2D eigenvalue weighted by atomic mass is 9.92. The molecule has 6 rings (SSSR count). The van der Waals surface area contributed by atoms with E-state index in [4.69, 9.17) is 30.3 Å². The van der Waals surface area contributed by atoms with E-state index in [2.05, 4.69) is 4.85 Å². The molecule has 0 N–H and O–H groups in total. The maximum atomic E-state index is 13.7. The molecule has 2 aliphatic rings. The Labute approximate surface area is 346 Å². The number of imide groups is 1. The van der Waals surface area contributed by atoms with Gasteiger partial charge in [0.1, 0.15) is 11.5 Å². The summed E-state index contributed by atoms with van der Waals surface area (Å²) in [6.07, 6.45) is -1.50. The lowest BCUT2D eigenvalue weighted by Gasteiger charge is -2.21. The van der Waals surface area contributed by atoms with E-state index >= 15 is 0 Å². The third kappa shape index (κ3) is 10.2. The molecule has 1 atom stereocenters. The third-order valence-corrected chi connectivity index (χ3v) is 10.8. The van der Waals surface area contributed by atoms with Gasteiger partial charge in [-0.05, 0) is 78.6 Å². The number of nitrogens with zero attached hydrogens (tertiary/aromatic N) is 4. The summed E-state index contributed by atoms with van der Waals surface area (Å²) in [5.41, 5.74) is 1.25. The predicted molar refractivity (Wildman–Crippen MR) is 214 cm³/mol. The first-order chi connectivity index (χ1) is 28.8. The Bertz CT molecular complexity index is 2420. The first kappa shape index (κ1) is 43.8. The molecule has 18 heteroatoms. The van der Waals surface area contributed by atoms with Crippen molar-refractivity contribution in [3.8, 4) is 17.2 Å². The number of fused-ring (bicyclic) bond motifs is 1. The first-order valence-electron chi connectivity index (χ1n) is 19.0. The number of ketones is 2. The zero-order valence-corrected chi connectivity index (χ0v) is 33.6. The number of thioether (sulfide) groups is 1. The topological polar surface area (TPSA) is 149 Å². The Morgan fingerprint density at radius 1 is 0.900 bits per heavy atom. The number of methoxy groups -OCH3 is 1. The SMILES string of the molecule is [C-]#[N+]c1ccc(Oc2ccc(/C=C3\SC(=O)N(CCOCCOCCOCCCc4cccc5c4n(C)c(=O)n5C4CCC(=O)CC4=O)C3=O)cc2OC)c(C(F)(F)F)c1. The van der Waals surface area contributed by atoms with Gasteiger partial charge in [-0.3, -0.25) is 33.2 Å².